The fourth-order valence-corrected chi connectivity index (χ4v) is 1.06. The van der Waals surface area contributed by atoms with Gasteiger partial charge in [0.05, 0.1) is 6.61 Å². The van der Waals surface area contributed by atoms with Gasteiger partial charge >= 0.3 is 6.09 Å². The highest BCUT2D eigenvalue weighted by molar-refractivity contribution is 5.84. The van der Waals surface area contributed by atoms with Crippen molar-refractivity contribution in [2.24, 2.45) is 0 Å². The first-order valence-electron chi connectivity index (χ1n) is 5.09. The standard InChI is InChI=1S/C11H16N2O3/c1-2-15-7-8-16-11(14)13-10-5-3-9(12)4-6-10/h3-6H,2,7-8,12H2,1H3,(H,13,14). The lowest BCUT2D eigenvalue weighted by Gasteiger charge is -2.06. The number of amides is 1. The molecule has 0 fully saturated rings. The lowest BCUT2D eigenvalue weighted by molar-refractivity contribution is 0.0850. The minimum Gasteiger partial charge on any atom is -0.447 e. The third-order valence-electron chi connectivity index (χ3n) is 1.82. The van der Waals surface area contributed by atoms with Crippen LogP contribution in [0.1, 0.15) is 6.92 Å². The Morgan fingerprint density at radius 3 is 2.62 bits per heavy atom. The molecule has 0 aliphatic rings. The van der Waals surface area contributed by atoms with Crippen molar-refractivity contribution in [1.82, 2.24) is 0 Å². The number of carbonyl (C=O) groups is 1. The Morgan fingerprint density at radius 2 is 2.00 bits per heavy atom. The van der Waals surface area contributed by atoms with Crippen molar-refractivity contribution >= 4 is 17.5 Å². The van der Waals surface area contributed by atoms with E-state index in [0.29, 0.717) is 24.6 Å². The minimum atomic E-state index is -0.496. The normalized spacial score (nSPS) is 9.81. The largest absolute Gasteiger partial charge is 0.447 e. The molecule has 0 saturated carbocycles. The molecule has 1 rings (SSSR count). The average Bonchev–Trinajstić information content (AvgIpc) is 2.28. The second-order valence-electron chi connectivity index (χ2n) is 3.08. The number of nitrogen functional groups attached to an aromatic ring is 1. The number of nitrogens with one attached hydrogen (secondary N) is 1. The SMILES string of the molecule is CCOCCOC(=O)Nc1ccc(N)cc1. The molecule has 1 aromatic rings. The van der Waals surface area contributed by atoms with Gasteiger partial charge in [-0.1, -0.05) is 0 Å². The molecule has 0 spiro atoms. The van der Waals surface area contributed by atoms with Crippen LogP contribution < -0.4 is 11.1 Å². The number of ether oxygens (including phenoxy) is 2. The van der Waals surface area contributed by atoms with Crippen LogP contribution in [-0.2, 0) is 9.47 Å². The summed E-state index contributed by atoms with van der Waals surface area (Å²) in [6, 6.07) is 6.82. The van der Waals surface area contributed by atoms with Gasteiger partial charge in [0, 0.05) is 18.0 Å². The van der Waals surface area contributed by atoms with Gasteiger partial charge in [0.25, 0.3) is 0 Å². The molecule has 1 aromatic carbocycles. The number of nitrogens with two attached hydrogens (primary N) is 1. The highest BCUT2D eigenvalue weighted by atomic mass is 16.6. The first kappa shape index (κ1) is 12.3. The molecule has 1 amide bonds. The number of anilines is 2. The molecule has 0 aromatic heterocycles. The Morgan fingerprint density at radius 1 is 1.31 bits per heavy atom. The Bertz CT molecular complexity index is 325. The van der Waals surface area contributed by atoms with Crippen LogP contribution in [0, 0.1) is 0 Å². The average molecular weight is 224 g/mol. The summed E-state index contributed by atoms with van der Waals surface area (Å²) in [4.78, 5) is 11.2. The number of hydrogen-bond donors (Lipinski definition) is 2. The zero-order valence-electron chi connectivity index (χ0n) is 9.23. The van der Waals surface area contributed by atoms with Gasteiger partial charge in [0.1, 0.15) is 6.61 Å². The van der Waals surface area contributed by atoms with E-state index in [2.05, 4.69) is 5.32 Å². The number of hydrogen-bond acceptors (Lipinski definition) is 4. The smallest absolute Gasteiger partial charge is 0.411 e. The van der Waals surface area contributed by atoms with Crippen LogP contribution in [0.5, 0.6) is 0 Å². The van der Waals surface area contributed by atoms with Crippen molar-refractivity contribution < 1.29 is 14.3 Å². The van der Waals surface area contributed by atoms with Crippen LogP contribution in [0.4, 0.5) is 16.2 Å². The van der Waals surface area contributed by atoms with E-state index in [1.165, 1.54) is 0 Å². The Labute approximate surface area is 94.5 Å². The summed E-state index contributed by atoms with van der Waals surface area (Å²) < 4.78 is 9.90. The van der Waals surface area contributed by atoms with Gasteiger partial charge in [-0.2, -0.15) is 0 Å². The maximum absolute atomic E-state index is 11.2. The molecule has 0 radical (unpaired) electrons. The van der Waals surface area contributed by atoms with Gasteiger partial charge < -0.3 is 15.2 Å². The molecule has 3 N–H and O–H groups in total. The third-order valence-corrected chi connectivity index (χ3v) is 1.82. The minimum absolute atomic E-state index is 0.245. The van der Waals surface area contributed by atoms with Crippen LogP contribution in [0.25, 0.3) is 0 Å². The molecule has 5 heteroatoms. The predicted octanol–water partition coefficient (Wildman–Crippen LogP) is 1.85. The highest BCUT2D eigenvalue weighted by Gasteiger charge is 2.02. The summed E-state index contributed by atoms with van der Waals surface area (Å²) in [6.07, 6.45) is -0.496. The molecule has 0 saturated heterocycles. The predicted molar refractivity (Wildman–Crippen MR) is 62.3 cm³/mol. The zero-order valence-corrected chi connectivity index (χ0v) is 9.23. The molecule has 0 aliphatic carbocycles. The Balaban J connectivity index is 2.26. The summed E-state index contributed by atoms with van der Waals surface area (Å²) in [5.41, 5.74) is 6.81. The van der Waals surface area contributed by atoms with E-state index in [-0.39, 0.29) is 6.61 Å². The zero-order chi connectivity index (χ0) is 11.8. The first-order chi connectivity index (χ1) is 7.72. The molecule has 0 bridgehead atoms. The monoisotopic (exact) mass is 224 g/mol. The summed E-state index contributed by atoms with van der Waals surface area (Å²) in [5, 5.41) is 2.57. The van der Waals surface area contributed by atoms with E-state index >= 15 is 0 Å². The molecule has 16 heavy (non-hydrogen) atoms. The summed E-state index contributed by atoms with van der Waals surface area (Å²) >= 11 is 0. The fourth-order valence-electron chi connectivity index (χ4n) is 1.06. The van der Waals surface area contributed by atoms with Crippen molar-refractivity contribution in [3.8, 4) is 0 Å². The van der Waals surface area contributed by atoms with Gasteiger partial charge in [0.15, 0.2) is 0 Å². The van der Waals surface area contributed by atoms with Crippen LogP contribution in [0.3, 0.4) is 0 Å². The fraction of sp³-hybridized carbons (Fsp3) is 0.364. The van der Waals surface area contributed by atoms with E-state index in [9.17, 15) is 4.79 Å². The number of rotatable bonds is 5. The van der Waals surface area contributed by atoms with Gasteiger partial charge in [-0.05, 0) is 31.2 Å². The summed E-state index contributed by atoms with van der Waals surface area (Å²) in [7, 11) is 0. The van der Waals surface area contributed by atoms with Gasteiger partial charge in [0.2, 0.25) is 0 Å². The highest BCUT2D eigenvalue weighted by Crippen LogP contribution is 2.10. The summed E-state index contributed by atoms with van der Waals surface area (Å²) in [6.45, 7) is 3.15. The van der Waals surface area contributed by atoms with Crippen molar-refractivity contribution in [2.75, 3.05) is 30.9 Å². The quantitative estimate of drug-likeness (QED) is 0.591. The van der Waals surface area contributed by atoms with Gasteiger partial charge in [-0.25, -0.2) is 4.79 Å². The lowest BCUT2D eigenvalue weighted by Crippen LogP contribution is -2.16. The van der Waals surface area contributed by atoms with Crippen molar-refractivity contribution in [1.29, 1.82) is 0 Å². The van der Waals surface area contributed by atoms with Crippen LogP contribution in [0.2, 0.25) is 0 Å². The molecule has 0 heterocycles. The third kappa shape index (κ3) is 4.65. The number of carbonyl (C=O) groups excluding carboxylic acids is 1. The molecule has 0 unspecified atom stereocenters. The van der Waals surface area contributed by atoms with E-state index in [0.717, 1.165) is 0 Å². The van der Waals surface area contributed by atoms with E-state index in [1.807, 2.05) is 6.92 Å². The first-order valence-corrected chi connectivity index (χ1v) is 5.09. The Hall–Kier alpha value is -1.75. The van der Waals surface area contributed by atoms with Crippen molar-refractivity contribution in [2.45, 2.75) is 6.92 Å². The lowest BCUT2D eigenvalue weighted by atomic mass is 10.3. The molecular weight excluding hydrogens is 208 g/mol. The van der Waals surface area contributed by atoms with E-state index < -0.39 is 6.09 Å². The topological polar surface area (TPSA) is 73.6 Å². The molecule has 0 atom stereocenters. The second kappa shape index (κ2) is 6.68. The summed E-state index contributed by atoms with van der Waals surface area (Å²) in [5.74, 6) is 0. The van der Waals surface area contributed by atoms with Crippen molar-refractivity contribution in [3.05, 3.63) is 24.3 Å². The van der Waals surface area contributed by atoms with Crippen LogP contribution in [-0.4, -0.2) is 25.9 Å². The van der Waals surface area contributed by atoms with Gasteiger partial charge in [-0.15, -0.1) is 0 Å². The van der Waals surface area contributed by atoms with Crippen LogP contribution in [0.15, 0.2) is 24.3 Å². The van der Waals surface area contributed by atoms with Crippen molar-refractivity contribution in [3.63, 3.8) is 0 Å². The Kier molecular flexibility index (Phi) is 5.15. The maximum atomic E-state index is 11.2. The molecule has 5 nitrogen and oxygen atoms in total. The molecular formula is C11H16N2O3. The van der Waals surface area contributed by atoms with E-state index in [4.69, 9.17) is 15.2 Å². The number of benzene rings is 1. The van der Waals surface area contributed by atoms with Crippen LogP contribution >= 0.6 is 0 Å². The van der Waals surface area contributed by atoms with Gasteiger partial charge in [-0.3, -0.25) is 5.32 Å². The maximum Gasteiger partial charge on any atom is 0.411 e. The second-order valence-corrected chi connectivity index (χ2v) is 3.08. The molecule has 88 valence electrons. The molecule has 0 aliphatic heterocycles. The van der Waals surface area contributed by atoms with E-state index in [1.54, 1.807) is 24.3 Å².